The van der Waals surface area contributed by atoms with Crippen molar-refractivity contribution < 1.29 is 42.9 Å². The second kappa shape index (κ2) is 12.7. The van der Waals surface area contributed by atoms with Gasteiger partial charge < -0.3 is 28.6 Å². The molecule has 0 saturated carbocycles. The zero-order chi connectivity index (χ0) is 31.8. The summed E-state index contributed by atoms with van der Waals surface area (Å²) in [6.07, 6.45) is -2.22. The largest absolute Gasteiger partial charge is 0.467 e. The van der Waals surface area contributed by atoms with Crippen LogP contribution >= 0.6 is 22.9 Å². The number of nitrogens with zero attached hydrogens (tertiary/aromatic N) is 1. The Morgan fingerprint density at radius 3 is 2.41 bits per heavy atom. The van der Waals surface area contributed by atoms with E-state index in [0.717, 1.165) is 27.7 Å². The van der Waals surface area contributed by atoms with Crippen molar-refractivity contribution in [3.63, 3.8) is 0 Å². The molecule has 0 bridgehead atoms. The SMILES string of the molecule is COC(=O)C1C[C@H](OC(C)=O)CC(Oc2cc3c(c4ccccc24)[C@H](CCl)CN3C(=O)c2ccc(C(=O)OC(C)(C)C)s2)O1. The normalized spacial score (nSPS) is 21.5. The third kappa shape index (κ3) is 6.69. The predicted molar refractivity (Wildman–Crippen MR) is 165 cm³/mol. The number of rotatable bonds is 7. The number of fused-ring (bicyclic) bond motifs is 3. The fraction of sp³-hybridized carbons (Fsp3) is 0.438. The molecule has 2 aromatic carbocycles. The van der Waals surface area contributed by atoms with E-state index in [4.69, 9.17) is 35.3 Å². The second-order valence-electron chi connectivity index (χ2n) is 11.7. The molecular weight excluding hydrogens is 610 g/mol. The van der Waals surface area contributed by atoms with Crippen LogP contribution in [0.4, 0.5) is 5.69 Å². The number of esters is 3. The lowest BCUT2D eigenvalue weighted by molar-refractivity contribution is -0.204. The number of alkyl halides is 1. The van der Waals surface area contributed by atoms with Crippen molar-refractivity contribution in [2.75, 3.05) is 24.4 Å². The summed E-state index contributed by atoms with van der Waals surface area (Å²) < 4.78 is 28.1. The van der Waals surface area contributed by atoms with E-state index in [9.17, 15) is 19.2 Å². The van der Waals surface area contributed by atoms with E-state index in [0.29, 0.717) is 27.7 Å². The van der Waals surface area contributed by atoms with E-state index in [1.54, 1.807) is 43.9 Å². The maximum absolute atomic E-state index is 13.9. The topological polar surface area (TPSA) is 118 Å². The fourth-order valence-corrected chi connectivity index (χ4v) is 6.61. The highest BCUT2D eigenvalue weighted by atomic mass is 35.5. The summed E-state index contributed by atoms with van der Waals surface area (Å²) in [7, 11) is 1.26. The first-order valence-electron chi connectivity index (χ1n) is 14.2. The van der Waals surface area contributed by atoms with Crippen LogP contribution in [-0.4, -0.2) is 67.4 Å². The van der Waals surface area contributed by atoms with Gasteiger partial charge in [-0.2, -0.15) is 0 Å². The summed E-state index contributed by atoms with van der Waals surface area (Å²) in [5.41, 5.74) is 0.870. The number of halogens is 1. The lowest BCUT2D eigenvalue weighted by Crippen LogP contribution is -2.44. The van der Waals surface area contributed by atoms with Gasteiger partial charge in [0.1, 0.15) is 22.3 Å². The molecule has 1 saturated heterocycles. The number of carbonyl (C=O) groups excluding carboxylic acids is 4. The summed E-state index contributed by atoms with van der Waals surface area (Å²) in [4.78, 5) is 53.0. The van der Waals surface area contributed by atoms with Gasteiger partial charge in [0.2, 0.25) is 6.29 Å². The highest BCUT2D eigenvalue weighted by Gasteiger charge is 2.39. The smallest absolute Gasteiger partial charge is 0.348 e. The molecule has 2 aliphatic rings. The van der Waals surface area contributed by atoms with E-state index < -0.39 is 42.0 Å². The molecule has 1 amide bonds. The maximum atomic E-state index is 13.9. The summed E-state index contributed by atoms with van der Waals surface area (Å²) >= 11 is 7.51. The van der Waals surface area contributed by atoms with Gasteiger partial charge in [0.05, 0.1) is 17.7 Å². The third-order valence-corrected chi connectivity index (χ3v) is 8.71. The Labute approximate surface area is 264 Å². The highest BCUT2D eigenvalue weighted by molar-refractivity contribution is 7.16. The Bertz CT molecular complexity index is 1600. The van der Waals surface area contributed by atoms with Gasteiger partial charge in [-0.1, -0.05) is 24.3 Å². The highest BCUT2D eigenvalue weighted by Crippen LogP contribution is 2.47. The van der Waals surface area contributed by atoms with Gasteiger partial charge in [-0.05, 0) is 43.9 Å². The molecule has 4 atom stereocenters. The molecule has 10 nitrogen and oxygen atoms in total. The molecule has 12 heteroatoms. The average Bonchev–Trinajstić information content (AvgIpc) is 3.61. The minimum atomic E-state index is -0.986. The molecule has 1 aromatic heterocycles. The molecule has 0 spiro atoms. The van der Waals surface area contributed by atoms with Crippen LogP contribution in [0.2, 0.25) is 0 Å². The summed E-state index contributed by atoms with van der Waals surface area (Å²) in [6, 6.07) is 12.6. The number of hydrogen-bond donors (Lipinski definition) is 0. The van der Waals surface area contributed by atoms with Gasteiger partial charge in [-0.15, -0.1) is 22.9 Å². The second-order valence-corrected chi connectivity index (χ2v) is 13.1. The minimum Gasteiger partial charge on any atom is -0.467 e. The van der Waals surface area contributed by atoms with Crippen molar-refractivity contribution in [2.24, 2.45) is 0 Å². The number of thiophene rings is 1. The molecule has 234 valence electrons. The molecule has 0 radical (unpaired) electrons. The van der Waals surface area contributed by atoms with Crippen LogP contribution in [0.15, 0.2) is 42.5 Å². The van der Waals surface area contributed by atoms with Crippen LogP contribution in [0.3, 0.4) is 0 Å². The summed E-state index contributed by atoms with van der Waals surface area (Å²) in [6.45, 7) is 6.99. The van der Waals surface area contributed by atoms with Gasteiger partial charge in [0.15, 0.2) is 6.10 Å². The fourth-order valence-electron chi connectivity index (χ4n) is 5.53. The predicted octanol–water partition coefficient (Wildman–Crippen LogP) is 5.83. The lowest BCUT2D eigenvalue weighted by Gasteiger charge is -2.33. The quantitative estimate of drug-likeness (QED) is 0.178. The van der Waals surface area contributed by atoms with Crippen molar-refractivity contribution in [3.8, 4) is 5.75 Å². The number of methoxy groups -OCH3 is 1. The summed E-state index contributed by atoms with van der Waals surface area (Å²) in [5.74, 6) is -1.30. The van der Waals surface area contributed by atoms with Gasteiger partial charge in [0.25, 0.3) is 5.91 Å². The van der Waals surface area contributed by atoms with Crippen LogP contribution in [0.1, 0.15) is 71.4 Å². The maximum Gasteiger partial charge on any atom is 0.348 e. The van der Waals surface area contributed by atoms with Crippen LogP contribution in [0.25, 0.3) is 10.8 Å². The van der Waals surface area contributed by atoms with E-state index in [1.165, 1.54) is 14.0 Å². The average molecular weight is 644 g/mol. The van der Waals surface area contributed by atoms with Crippen LogP contribution in [0, 0.1) is 0 Å². The zero-order valence-electron chi connectivity index (χ0n) is 25.1. The molecule has 5 rings (SSSR count). The van der Waals surface area contributed by atoms with Crippen LogP contribution in [-0.2, 0) is 28.5 Å². The van der Waals surface area contributed by atoms with E-state index >= 15 is 0 Å². The van der Waals surface area contributed by atoms with E-state index in [2.05, 4.69) is 0 Å². The number of anilines is 1. The van der Waals surface area contributed by atoms with Gasteiger partial charge in [-0.3, -0.25) is 9.59 Å². The molecule has 1 fully saturated rings. The molecule has 44 heavy (non-hydrogen) atoms. The molecule has 0 aliphatic carbocycles. The standard InChI is InChI=1S/C32H34ClNO9S/c1-17(35)40-19-12-24(30(37)39-5)42-27(13-19)41-23-14-22-28(21-9-7-6-8-20(21)23)18(15-33)16-34(22)29(36)25-10-11-26(44-25)31(38)43-32(2,3)4/h6-11,14,18-19,24,27H,12-13,15-16H2,1-5H3/t18-,19+,24?,27?/m1/s1. The zero-order valence-corrected chi connectivity index (χ0v) is 26.7. The number of amides is 1. The number of benzene rings is 2. The minimum absolute atomic E-state index is 0.142. The van der Waals surface area contributed by atoms with Crippen molar-refractivity contribution in [1.29, 1.82) is 0 Å². The molecule has 2 aliphatic heterocycles. The number of hydrogen-bond acceptors (Lipinski definition) is 10. The lowest BCUT2D eigenvalue weighted by atomic mass is 9.95. The first kappa shape index (κ1) is 31.7. The molecule has 2 unspecified atom stereocenters. The first-order chi connectivity index (χ1) is 20.9. The molecule has 3 heterocycles. The summed E-state index contributed by atoms with van der Waals surface area (Å²) in [5, 5.41) is 1.63. The Balaban J connectivity index is 1.50. The van der Waals surface area contributed by atoms with E-state index in [1.807, 2.05) is 24.3 Å². The first-order valence-corrected chi connectivity index (χ1v) is 15.6. The van der Waals surface area contributed by atoms with Crippen LogP contribution < -0.4 is 9.64 Å². The number of ether oxygens (including phenoxy) is 5. The Morgan fingerprint density at radius 2 is 1.75 bits per heavy atom. The van der Waals surface area contributed by atoms with Crippen molar-refractivity contribution in [3.05, 3.63) is 57.8 Å². The Hall–Kier alpha value is -3.67. The molecular formula is C32H34ClNO9S. The Morgan fingerprint density at radius 1 is 1.05 bits per heavy atom. The van der Waals surface area contributed by atoms with Crippen molar-refractivity contribution in [1.82, 2.24) is 0 Å². The third-order valence-electron chi connectivity index (χ3n) is 7.28. The Kier molecular flexibility index (Phi) is 9.20. The molecule has 3 aromatic rings. The molecule has 0 N–H and O–H groups in total. The van der Waals surface area contributed by atoms with Crippen LogP contribution in [0.5, 0.6) is 5.75 Å². The van der Waals surface area contributed by atoms with Crippen molar-refractivity contribution in [2.45, 2.75) is 70.6 Å². The van der Waals surface area contributed by atoms with Gasteiger partial charge in [0, 0.05) is 49.6 Å². The monoisotopic (exact) mass is 643 g/mol. The van der Waals surface area contributed by atoms with Gasteiger partial charge in [-0.25, -0.2) is 9.59 Å². The van der Waals surface area contributed by atoms with Crippen molar-refractivity contribution >= 4 is 63.2 Å². The van der Waals surface area contributed by atoms with Gasteiger partial charge >= 0.3 is 17.9 Å². The van der Waals surface area contributed by atoms with E-state index in [-0.39, 0.29) is 30.5 Å². The number of carbonyl (C=O) groups is 4.